The van der Waals surface area contributed by atoms with Gasteiger partial charge in [-0.2, -0.15) is 0 Å². The molecule has 162 valence electrons. The van der Waals surface area contributed by atoms with Crippen molar-refractivity contribution in [3.05, 3.63) is 0 Å². The first-order valence-corrected chi connectivity index (χ1v) is 11.4. The third-order valence-electron chi connectivity index (χ3n) is 9.80. The third-order valence-corrected chi connectivity index (χ3v) is 9.80. The smallest absolute Gasteiger partial charge is 0.139 e. The molecule has 0 aromatic rings. The molecule has 0 aromatic heterocycles. The molecule has 1 saturated heterocycles. The minimum absolute atomic E-state index is 0. The molecular formula is C23H35ClN2O3. The summed E-state index contributed by atoms with van der Waals surface area (Å²) in [5.74, 6) is 1.71. The van der Waals surface area contributed by atoms with Crippen LogP contribution in [0.15, 0.2) is 5.16 Å². The van der Waals surface area contributed by atoms with Gasteiger partial charge in [0.15, 0.2) is 0 Å². The molecule has 1 heterocycles. The van der Waals surface area contributed by atoms with Gasteiger partial charge in [-0.15, -0.1) is 12.4 Å². The second-order valence-electron chi connectivity index (χ2n) is 10.7. The first kappa shape index (κ1) is 21.3. The number of carbonyl (C=O) groups is 2. The van der Waals surface area contributed by atoms with Crippen molar-refractivity contribution in [2.75, 3.05) is 13.1 Å². The summed E-state index contributed by atoms with van der Waals surface area (Å²) in [7, 11) is 0. The van der Waals surface area contributed by atoms with Crippen LogP contribution in [0.3, 0.4) is 0 Å². The topological polar surface area (TPSA) is 70.0 Å². The normalized spacial score (nSPS) is 48.8. The van der Waals surface area contributed by atoms with E-state index in [1.807, 2.05) is 0 Å². The van der Waals surface area contributed by atoms with Gasteiger partial charge in [-0.1, -0.05) is 19.0 Å². The van der Waals surface area contributed by atoms with Crippen molar-refractivity contribution in [2.45, 2.75) is 77.7 Å². The monoisotopic (exact) mass is 422 g/mol. The van der Waals surface area contributed by atoms with Crippen LogP contribution < -0.4 is 0 Å². The number of carbonyl (C=O) groups excluding carboxylic acids is 2. The standard InChI is InChI=1S/C23H34N2O3.ClH/c1-22-8-7-17-15(16(22)5-6-21(22)27)13-19(26)18-11-14(25-9-3-4-10-25)12-20(24-28)23(17,18)2;/h14-18,28H,3-13H2,1-2H3;1H/t14?,15-,16-,17+,18?,22-,23+;/m0./s1. The zero-order chi connectivity index (χ0) is 19.7. The number of oxime groups is 1. The summed E-state index contributed by atoms with van der Waals surface area (Å²) in [5, 5.41) is 13.9. The third kappa shape index (κ3) is 2.86. The van der Waals surface area contributed by atoms with Crippen LogP contribution in [0.1, 0.15) is 71.6 Å². The highest BCUT2D eigenvalue weighted by Gasteiger charge is 2.64. The molecule has 5 aliphatic rings. The molecule has 0 amide bonds. The van der Waals surface area contributed by atoms with Crippen LogP contribution >= 0.6 is 12.4 Å². The van der Waals surface area contributed by atoms with E-state index in [0.29, 0.717) is 42.3 Å². The molecule has 2 unspecified atom stereocenters. The Bertz CT molecular complexity index is 734. The van der Waals surface area contributed by atoms with Crippen LogP contribution in [-0.2, 0) is 9.59 Å². The molecule has 0 bridgehead atoms. The molecule has 1 aliphatic heterocycles. The molecule has 4 aliphatic carbocycles. The Hall–Kier alpha value is -0.940. The number of likely N-dealkylation sites (tertiary alicyclic amines) is 1. The Morgan fingerprint density at radius 3 is 2.48 bits per heavy atom. The van der Waals surface area contributed by atoms with Crippen LogP contribution in [0.25, 0.3) is 0 Å². The fraction of sp³-hybridized carbons (Fsp3) is 0.870. The molecule has 5 rings (SSSR count). The highest BCUT2D eigenvalue weighted by Crippen LogP contribution is 2.64. The van der Waals surface area contributed by atoms with Crippen molar-refractivity contribution in [3.8, 4) is 0 Å². The molecule has 0 radical (unpaired) electrons. The molecule has 29 heavy (non-hydrogen) atoms. The minimum Gasteiger partial charge on any atom is -0.411 e. The Kier molecular flexibility index (Phi) is 5.39. The van der Waals surface area contributed by atoms with E-state index in [4.69, 9.17) is 0 Å². The van der Waals surface area contributed by atoms with Gasteiger partial charge in [0.1, 0.15) is 11.6 Å². The maximum absolute atomic E-state index is 13.4. The highest BCUT2D eigenvalue weighted by atomic mass is 35.5. The Morgan fingerprint density at radius 1 is 1.07 bits per heavy atom. The quantitative estimate of drug-likeness (QED) is 0.510. The summed E-state index contributed by atoms with van der Waals surface area (Å²) < 4.78 is 0. The number of rotatable bonds is 1. The predicted molar refractivity (Wildman–Crippen MR) is 114 cm³/mol. The van der Waals surface area contributed by atoms with Crippen molar-refractivity contribution >= 4 is 29.7 Å². The number of halogens is 1. The molecule has 4 saturated carbocycles. The van der Waals surface area contributed by atoms with E-state index in [1.165, 1.54) is 12.8 Å². The summed E-state index contributed by atoms with van der Waals surface area (Å²) in [6, 6.07) is 0.342. The van der Waals surface area contributed by atoms with Gasteiger partial charge < -0.3 is 5.21 Å². The van der Waals surface area contributed by atoms with Crippen molar-refractivity contribution in [2.24, 2.45) is 39.7 Å². The van der Waals surface area contributed by atoms with E-state index in [9.17, 15) is 14.8 Å². The van der Waals surface area contributed by atoms with Crippen LogP contribution in [0.4, 0.5) is 0 Å². The summed E-state index contributed by atoms with van der Waals surface area (Å²) in [4.78, 5) is 28.6. The van der Waals surface area contributed by atoms with Crippen LogP contribution in [0, 0.1) is 34.5 Å². The summed E-state index contributed by atoms with van der Waals surface area (Å²) in [6.45, 7) is 6.57. The van der Waals surface area contributed by atoms with Crippen LogP contribution in [0.2, 0.25) is 0 Å². The summed E-state index contributed by atoms with van der Waals surface area (Å²) in [6.07, 6.45) is 8.33. The van der Waals surface area contributed by atoms with E-state index in [1.54, 1.807) is 0 Å². The van der Waals surface area contributed by atoms with Gasteiger partial charge in [-0.05, 0) is 69.4 Å². The fourth-order valence-electron chi connectivity index (χ4n) is 8.18. The lowest BCUT2D eigenvalue weighted by molar-refractivity contribution is -0.148. The molecule has 5 nitrogen and oxygen atoms in total. The van der Waals surface area contributed by atoms with Crippen LogP contribution in [-0.4, -0.2) is 46.5 Å². The molecule has 0 aromatic carbocycles. The van der Waals surface area contributed by atoms with E-state index in [2.05, 4.69) is 23.9 Å². The van der Waals surface area contributed by atoms with E-state index >= 15 is 0 Å². The summed E-state index contributed by atoms with van der Waals surface area (Å²) in [5.41, 5.74) is 0.294. The highest BCUT2D eigenvalue weighted by molar-refractivity contribution is 5.99. The first-order valence-electron chi connectivity index (χ1n) is 11.4. The van der Waals surface area contributed by atoms with Gasteiger partial charge >= 0.3 is 0 Å². The van der Waals surface area contributed by atoms with Crippen molar-refractivity contribution in [1.82, 2.24) is 4.90 Å². The molecular weight excluding hydrogens is 388 g/mol. The van der Waals surface area contributed by atoms with Crippen LogP contribution in [0.5, 0.6) is 0 Å². The second kappa shape index (κ2) is 7.33. The average molecular weight is 423 g/mol. The lowest BCUT2D eigenvalue weighted by Gasteiger charge is -2.59. The van der Waals surface area contributed by atoms with Gasteiger partial charge in [0.2, 0.25) is 0 Å². The number of hydrogen-bond acceptors (Lipinski definition) is 5. The minimum atomic E-state index is -0.335. The Balaban J connectivity index is 0.00000205. The average Bonchev–Trinajstić information content (AvgIpc) is 3.30. The number of nitrogens with zero attached hydrogens (tertiary/aromatic N) is 2. The first-order chi connectivity index (χ1) is 13.4. The fourth-order valence-corrected chi connectivity index (χ4v) is 8.18. The maximum Gasteiger partial charge on any atom is 0.139 e. The molecule has 6 heteroatoms. The van der Waals surface area contributed by atoms with Crippen molar-refractivity contribution in [3.63, 3.8) is 0 Å². The number of ketones is 2. The van der Waals surface area contributed by atoms with Gasteiger partial charge in [0.05, 0.1) is 5.71 Å². The number of fused-ring (bicyclic) bond motifs is 5. The maximum atomic E-state index is 13.4. The lowest BCUT2D eigenvalue weighted by atomic mass is 9.44. The molecule has 7 atom stereocenters. The Morgan fingerprint density at radius 2 is 1.79 bits per heavy atom. The zero-order valence-electron chi connectivity index (χ0n) is 17.7. The predicted octanol–water partition coefficient (Wildman–Crippen LogP) is 4.10. The van der Waals surface area contributed by atoms with E-state index < -0.39 is 0 Å². The molecule has 0 spiro atoms. The molecule has 1 N–H and O–H groups in total. The van der Waals surface area contributed by atoms with E-state index in [-0.39, 0.29) is 35.1 Å². The van der Waals surface area contributed by atoms with Crippen molar-refractivity contribution in [1.29, 1.82) is 0 Å². The molecule has 5 fully saturated rings. The number of hydrogen-bond donors (Lipinski definition) is 1. The van der Waals surface area contributed by atoms with E-state index in [0.717, 1.165) is 50.9 Å². The summed E-state index contributed by atoms with van der Waals surface area (Å²) >= 11 is 0. The largest absolute Gasteiger partial charge is 0.411 e. The van der Waals surface area contributed by atoms with Gasteiger partial charge in [0, 0.05) is 42.1 Å². The second-order valence-corrected chi connectivity index (χ2v) is 10.7. The Labute approximate surface area is 180 Å². The van der Waals surface area contributed by atoms with Gasteiger partial charge in [-0.25, -0.2) is 0 Å². The van der Waals surface area contributed by atoms with Crippen molar-refractivity contribution < 1.29 is 14.8 Å². The SMILES string of the molecule is C[C@]12C(=NO)CC(N3CCCC3)CC1C(=O)C[C@@H]1[C@H]2CC[C@]2(C)C(=O)CC[C@@H]12.Cl. The number of Topliss-reactive ketones (excluding diaryl/α,β-unsaturated/α-hetero) is 2. The lowest BCUT2D eigenvalue weighted by Crippen LogP contribution is -2.62. The van der Waals surface area contributed by atoms with Gasteiger partial charge in [0.25, 0.3) is 0 Å². The zero-order valence-corrected chi connectivity index (χ0v) is 18.5. The van der Waals surface area contributed by atoms with Gasteiger partial charge in [-0.3, -0.25) is 14.5 Å².